The van der Waals surface area contributed by atoms with Crippen molar-refractivity contribution in [1.29, 1.82) is 0 Å². The van der Waals surface area contributed by atoms with Gasteiger partial charge in [0.05, 0.1) is 11.2 Å². The number of para-hydroxylation sites is 1. The molecule has 0 unspecified atom stereocenters. The van der Waals surface area contributed by atoms with Crippen molar-refractivity contribution in [2.24, 2.45) is 10.2 Å². The van der Waals surface area contributed by atoms with Crippen molar-refractivity contribution in [2.75, 3.05) is 23.7 Å². The van der Waals surface area contributed by atoms with Gasteiger partial charge < -0.3 is 10.6 Å². The molecule has 5 nitrogen and oxygen atoms in total. The van der Waals surface area contributed by atoms with Crippen LogP contribution in [0.15, 0.2) is 65.0 Å². The number of fused-ring (bicyclic) bond motifs is 1. The number of benzene rings is 2. The number of anilines is 2. The number of aromatic nitrogens is 1. The highest BCUT2D eigenvalue weighted by atomic mass is 15.1. The first-order chi connectivity index (χ1) is 11.7. The summed E-state index contributed by atoms with van der Waals surface area (Å²) in [6.07, 6.45) is 1.76. The quantitative estimate of drug-likeness (QED) is 0.527. The van der Waals surface area contributed by atoms with Crippen molar-refractivity contribution < 1.29 is 0 Å². The number of rotatable bonds is 5. The summed E-state index contributed by atoms with van der Waals surface area (Å²) in [6.45, 7) is 6.14. The standard InChI is InChI=1S/C19H21N5/c1-3-24(4-2)15-10-11-17(16(20)13-15)22-23-18-9-5-7-14-8-6-12-21-19(14)18/h5-13H,3-4,20H2,1-2H3/b23-22+. The Bertz CT molecular complexity index is 863. The van der Waals surface area contributed by atoms with Crippen molar-refractivity contribution in [3.63, 3.8) is 0 Å². The lowest BCUT2D eigenvalue weighted by Gasteiger charge is -2.21. The molecule has 0 aliphatic rings. The number of hydrogen-bond acceptors (Lipinski definition) is 5. The first kappa shape index (κ1) is 15.9. The zero-order valence-electron chi connectivity index (χ0n) is 14.0. The van der Waals surface area contributed by atoms with Crippen molar-refractivity contribution in [2.45, 2.75) is 13.8 Å². The summed E-state index contributed by atoms with van der Waals surface area (Å²) in [5, 5.41) is 9.71. The van der Waals surface area contributed by atoms with Gasteiger partial charge in [0.15, 0.2) is 0 Å². The van der Waals surface area contributed by atoms with E-state index in [0.717, 1.165) is 35.4 Å². The van der Waals surface area contributed by atoms with Gasteiger partial charge in [-0.2, -0.15) is 0 Å². The minimum Gasteiger partial charge on any atom is -0.397 e. The van der Waals surface area contributed by atoms with Crippen molar-refractivity contribution in [3.05, 3.63) is 54.7 Å². The Labute approximate surface area is 141 Å². The molecule has 0 radical (unpaired) electrons. The van der Waals surface area contributed by atoms with Crippen LogP contribution < -0.4 is 10.6 Å². The monoisotopic (exact) mass is 319 g/mol. The van der Waals surface area contributed by atoms with E-state index in [1.807, 2.05) is 48.5 Å². The molecule has 0 aliphatic heterocycles. The van der Waals surface area contributed by atoms with Gasteiger partial charge in [0, 0.05) is 30.4 Å². The molecule has 0 spiro atoms. The van der Waals surface area contributed by atoms with E-state index in [-0.39, 0.29) is 0 Å². The van der Waals surface area contributed by atoms with E-state index in [1.54, 1.807) is 6.20 Å². The topological polar surface area (TPSA) is 66.9 Å². The van der Waals surface area contributed by atoms with E-state index in [0.29, 0.717) is 11.4 Å². The van der Waals surface area contributed by atoms with Crippen LogP contribution in [0.5, 0.6) is 0 Å². The van der Waals surface area contributed by atoms with Crippen LogP contribution in [0, 0.1) is 0 Å². The number of nitrogens with two attached hydrogens (primary N) is 1. The third-order valence-corrected chi connectivity index (χ3v) is 4.02. The lowest BCUT2D eigenvalue weighted by Crippen LogP contribution is -2.21. The Kier molecular flexibility index (Phi) is 4.70. The smallest absolute Gasteiger partial charge is 0.112 e. The highest BCUT2D eigenvalue weighted by Gasteiger charge is 2.06. The summed E-state index contributed by atoms with van der Waals surface area (Å²) in [7, 11) is 0. The van der Waals surface area contributed by atoms with Crippen LogP contribution in [-0.4, -0.2) is 18.1 Å². The van der Waals surface area contributed by atoms with Gasteiger partial charge in [-0.25, -0.2) is 0 Å². The molecule has 0 saturated carbocycles. The molecule has 3 aromatic rings. The molecule has 5 heteroatoms. The highest BCUT2D eigenvalue weighted by Crippen LogP contribution is 2.30. The Hall–Kier alpha value is -2.95. The van der Waals surface area contributed by atoms with Crippen molar-refractivity contribution in [1.82, 2.24) is 4.98 Å². The number of azo groups is 1. The van der Waals surface area contributed by atoms with E-state index in [2.05, 4.69) is 34.0 Å². The Morgan fingerprint density at radius 3 is 2.46 bits per heavy atom. The molecule has 2 aromatic carbocycles. The summed E-state index contributed by atoms with van der Waals surface area (Å²) in [5.74, 6) is 0. The van der Waals surface area contributed by atoms with E-state index < -0.39 is 0 Å². The Morgan fingerprint density at radius 1 is 0.958 bits per heavy atom. The minimum atomic E-state index is 0.622. The average Bonchev–Trinajstić information content (AvgIpc) is 2.62. The van der Waals surface area contributed by atoms with Gasteiger partial charge in [0.1, 0.15) is 11.4 Å². The van der Waals surface area contributed by atoms with Gasteiger partial charge in [-0.15, -0.1) is 10.2 Å². The predicted molar refractivity (Wildman–Crippen MR) is 100 cm³/mol. The number of hydrogen-bond donors (Lipinski definition) is 1. The molecule has 122 valence electrons. The van der Waals surface area contributed by atoms with Crippen molar-refractivity contribution >= 4 is 33.7 Å². The number of nitrogens with zero attached hydrogens (tertiary/aromatic N) is 4. The molecule has 0 fully saturated rings. The van der Waals surface area contributed by atoms with Crippen LogP contribution in [0.1, 0.15) is 13.8 Å². The fraction of sp³-hybridized carbons (Fsp3) is 0.211. The second kappa shape index (κ2) is 7.08. The second-order valence-corrected chi connectivity index (χ2v) is 5.47. The van der Waals surface area contributed by atoms with Gasteiger partial charge in [-0.3, -0.25) is 4.98 Å². The van der Waals surface area contributed by atoms with Crippen LogP contribution in [0.3, 0.4) is 0 Å². The predicted octanol–water partition coefficient (Wildman–Crippen LogP) is 5.08. The van der Waals surface area contributed by atoms with Gasteiger partial charge in [0.2, 0.25) is 0 Å². The number of nitrogen functional groups attached to an aromatic ring is 1. The molecule has 3 rings (SSSR count). The van der Waals surface area contributed by atoms with Crippen LogP contribution in [0.2, 0.25) is 0 Å². The lowest BCUT2D eigenvalue weighted by molar-refractivity contribution is 0.866. The van der Waals surface area contributed by atoms with E-state index in [9.17, 15) is 0 Å². The summed E-state index contributed by atoms with van der Waals surface area (Å²) < 4.78 is 0. The molecule has 1 aromatic heterocycles. The molecule has 24 heavy (non-hydrogen) atoms. The fourth-order valence-electron chi connectivity index (χ4n) is 2.69. The average molecular weight is 319 g/mol. The maximum absolute atomic E-state index is 6.15. The van der Waals surface area contributed by atoms with Gasteiger partial charge in [-0.1, -0.05) is 18.2 Å². The third kappa shape index (κ3) is 3.20. The minimum absolute atomic E-state index is 0.622. The maximum atomic E-state index is 6.15. The van der Waals surface area contributed by atoms with Crippen LogP contribution in [-0.2, 0) is 0 Å². The van der Waals surface area contributed by atoms with Crippen LogP contribution >= 0.6 is 0 Å². The van der Waals surface area contributed by atoms with Gasteiger partial charge in [-0.05, 0) is 44.2 Å². The van der Waals surface area contributed by atoms with Crippen LogP contribution in [0.25, 0.3) is 10.9 Å². The molecular formula is C19H21N5. The van der Waals surface area contributed by atoms with E-state index >= 15 is 0 Å². The molecular weight excluding hydrogens is 298 g/mol. The third-order valence-electron chi connectivity index (χ3n) is 4.02. The zero-order chi connectivity index (χ0) is 16.9. The lowest BCUT2D eigenvalue weighted by atomic mass is 10.2. The van der Waals surface area contributed by atoms with Gasteiger partial charge >= 0.3 is 0 Å². The summed E-state index contributed by atoms with van der Waals surface area (Å²) in [5.41, 5.74) is 10.1. The molecule has 0 amide bonds. The highest BCUT2D eigenvalue weighted by molar-refractivity contribution is 5.88. The van der Waals surface area contributed by atoms with E-state index in [4.69, 9.17) is 5.73 Å². The molecule has 0 saturated heterocycles. The molecule has 0 aliphatic carbocycles. The Morgan fingerprint density at radius 2 is 1.71 bits per heavy atom. The van der Waals surface area contributed by atoms with Crippen LogP contribution in [0.4, 0.5) is 22.7 Å². The first-order valence-electron chi connectivity index (χ1n) is 8.13. The maximum Gasteiger partial charge on any atom is 0.112 e. The van der Waals surface area contributed by atoms with E-state index in [1.165, 1.54) is 0 Å². The second-order valence-electron chi connectivity index (χ2n) is 5.47. The normalized spacial score (nSPS) is 11.2. The SMILES string of the molecule is CCN(CC)c1ccc(/N=N/c2cccc3cccnc23)c(N)c1. The Balaban J connectivity index is 1.91. The van der Waals surface area contributed by atoms with Crippen molar-refractivity contribution in [3.8, 4) is 0 Å². The molecule has 0 atom stereocenters. The first-order valence-corrected chi connectivity index (χ1v) is 8.13. The summed E-state index contributed by atoms with van der Waals surface area (Å²) >= 11 is 0. The summed E-state index contributed by atoms with van der Waals surface area (Å²) in [6, 6.07) is 15.7. The zero-order valence-corrected chi connectivity index (χ0v) is 14.0. The summed E-state index contributed by atoms with van der Waals surface area (Å²) in [4.78, 5) is 6.63. The molecule has 1 heterocycles. The fourth-order valence-corrected chi connectivity index (χ4v) is 2.69. The largest absolute Gasteiger partial charge is 0.397 e. The number of pyridine rings is 1. The molecule has 0 bridgehead atoms. The van der Waals surface area contributed by atoms with Gasteiger partial charge in [0.25, 0.3) is 0 Å². The molecule has 2 N–H and O–H groups in total.